The average Bonchev–Trinajstić information content (AvgIpc) is 2.54. The maximum Gasteiger partial charge on any atom is 0.263 e. The van der Waals surface area contributed by atoms with Crippen LogP contribution in [0.15, 0.2) is 24.3 Å². The number of carbonyl (C=O) groups excluding carboxylic acids is 1. The summed E-state index contributed by atoms with van der Waals surface area (Å²) >= 11 is 0. The number of amides is 1. The number of nitrogens with zero attached hydrogens (tertiary/aromatic N) is 1. The monoisotopic (exact) mass is 318 g/mol. The topological polar surface area (TPSA) is 41.6 Å². The summed E-state index contributed by atoms with van der Waals surface area (Å²) in [7, 11) is 1.98. The molecule has 4 heteroatoms. The van der Waals surface area contributed by atoms with Crippen molar-refractivity contribution < 1.29 is 9.53 Å². The van der Waals surface area contributed by atoms with E-state index < -0.39 is 6.10 Å². The molecule has 2 rings (SSSR count). The van der Waals surface area contributed by atoms with Gasteiger partial charge in [0.25, 0.3) is 5.91 Å². The molecule has 1 N–H and O–H groups in total. The minimum absolute atomic E-state index is 0.0828. The SMILES string of the molecule is CNC1CCN(C(=O)C(C)Oc2ccc(C(C)(C)C)cc2)CC1. The molecule has 1 aromatic carbocycles. The Bertz CT molecular complexity index is 511. The van der Waals surface area contributed by atoms with Gasteiger partial charge in [-0.05, 0) is 49.9 Å². The molecular formula is C19H30N2O2. The van der Waals surface area contributed by atoms with Gasteiger partial charge in [0.2, 0.25) is 0 Å². The van der Waals surface area contributed by atoms with E-state index >= 15 is 0 Å². The van der Waals surface area contributed by atoms with Crippen LogP contribution < -0.4 is 10.1 Å². The van der Waals surface area contributed by atoms with Gasteiger partial charge in [0.15, 0.2) is 6.10 Å². The number of benzene rings is 1. The van der Waals surface area contributed by atoms with Crippen LogP contribution in [-0.4, -0.2) is 43.1 Å². The van der Waals surface area contributed by atoms with Gasteiger partial charge in [-0.3, -0.25) is 4.79 Å². The third kappa shape index (κ3) is 4.71. The zero-order valence-corrected chi connectivity index (χ0v) is 15.1. The molecule has 1 amide bonds. The Morgan fingerprint density at radius 1 is 1.22 bits per heavy atom. The molecule has 0 radical (unpaired) electrons. The fourth-order valence-electron chi connectivity index (χ4n) is 2.93. The molecule has 0 aromatic heterocycles. The van der Waals surface area contributed by atoms with Crippen molar-refractivity contribution in [2.75, 3.05) is 20.1 Å². The number of nitrogens with one attached hydrogen (secondary N) is 1. The van der Waals surface area contributed by atoms with E-state index in [1.165, 1.54) is 5.56 Å². The highest BCUT2D eigenvalue weighted by molar-refractivity contribution is 5.81. The molecule has 1 aliphatic rings. The predicted molar refractivity (Wildman–Crippen MR) is 93.9 cm³/mol. The van der Waals surface area contributed by atoms with Crippen molar-refractivity contribution in [3.8, 4) is 5.75 Å². The first-order valence-corrected chi connectivity index (χ1v) is 8.54. The number of rotatable bonds is 4. The van der Waals surface area contributed by atoms with E-state index in [0.717, 1.165) is 31.7 Å². The van der Waals surface area contributed by atoms with Gasteiger partial charge >= 0.3 is 0 Å². The van der Waals surface area contributed by atoms with Crippen LogP contribution in [0.5, 0.6) is 5.75 Å². The Morgan fingerprint density at radius 2 is 1.78 bits per heavy atom. The second-order valence-corrected chi connectivity index (χ2v) is 7.42. The van der Waals surface area contributed by atoms with Gasteiger partial charge in [0.1, 0.15) is 5.75 Å². The smallest absolute Gasteiger partial charge is 0.263 e. The fraction of sp³-hybridized carbons (Fsp3) is 0.632. The molecule has 1 unspecified atom stereocenters. The van der Waals surface area contributed by atoms with E-state index in [2.05, 4.69) is 38.2 Å². The quantitative estimate of drug-likeness (QED) is 0.928. The van der Waals surface area contributed by atoms with E-state index in [0.29, 0.717) is 6.04 Å². The van der Waals surface area contributed by atoms with E-state index in [9.17, 15) is 4.79 Å². The second kappa shape index (κ2) is 7.35. The molecule has 128 valence electrons. The van der Waals surface area contributed by atoms with Gasteiger partial charge in [-0.1, -0.05) is 32.9 Å². The van der Waals surface area contributed by atoms with Crippen LogP contribution in [-0.2, 0) is 10.2 Å². The summed E-state index contributed by atoms with van der Waals surface area (Å²) in [4.78, 5) is 14.4. The van der Waals surface area contributed by atoms with Gasteiger partial charge in [-0.15, -0.1) is 0 Å². The van der Waals surface area contributed by atoms with E-state index in [-0.39, 0.29) is 11.3 Å². The van der Waals surface area contributed by atoms with Crippen LogP contribution in [0.1, 0.15) is 46.1 Å². The first kappa shape index (κ1) is 17.8. The van der Waals surface area contributed by atoms with E-state index in [4.69, 9.17) is 4.74 Å². The van der Waals surface area contributed by atoms with E-state index in [1.807, 2.05) is 31.0 Å². The molecule has 0 bridgehead atoms. The Morgan fingerprint density at radius 3 is 2.26 bits per heavy atom. The number of hydrogen-bond acceptors (Lipinski definition) is 3. The maximum absolute atomic E-state index is 12.5. The van der Waals surface area contributed by atoms with Crippen LogP contribution in [0, 0.1) is 0 Å². The summed E-state index contributed by atoms with van der Waals surface area (Å²) < 4.78 is 5.84. The summed E-state index contributed by atoms with van der Waals surface area (Å²) in [6, 6.07) is 8.59. The van der Waals surface area contributed by atoms with Crippen molar-refractivity contribution >= 4 is 5.91 Å². The largest absolute Gasteiger partial charge is 0.481 e. The van der Waals surface area contributed by atoms with Crippen LogP contribution in [0.4, 0.5) is 0 Å². The Labute approximate surface area is 140 Å². The van der Waals surface area contributed by atoms with Crippen LogP contribution >= 0.6 is 0 Å². The third-order valence-electron chi connectivity index (χ3n) is 4.60. The minimum Gasteiger partial charge on any atom is -0.481 e. The molecule has 1 fully saturated rings. The van der Waals surface area contributed by atoms with Gasteiger partial charge in [0, 0.05) is 19.1 Å². The lowest BCUT2D eigenvalue weighted by Gasteiger charge is -2.33. The van der Waals surface area contributed by atoms with Crippen molar-refractivity contribution in [3.63, 3.8) is 0 Å². The lowest BCUT2D eigenvalue weighted by molar-refractivity contribution is -0.139. The van der Waals surface area contributed by atoms with Crippen LogP contribution in [0.3, 0.4) is 0 Å². The summed E-state index contributed by atoms with van der Waals surface area (Å²) in [5, 5.41) is 3.28. The molecule has 1 atom stereocenters. The molecular weight excluding hydrogens is 288 g/mol. The van der Waals surface area contributed by atoms with Gasteiger partial charge in [0.05, 0.1) is 0 Å². The lowest BCUT2D eigenvalue weighted by atomic mass is 9.87. The summed E-state index contributed by atoms with van der Waals surface area (Å²) in [5.41, 5.74) is 1.38. The first-order valence-electron chi connectivity index (χ1n) is 8.54. The zero-order valence-electron chi connectivity index (χ0n) is 15.1. The average molecular weight is 318 g/mol. The maximum atomic E-state index is 12.5. The standard InChI is InChI=1S/C19H30N2O2/c1-14(18(22)21-12-10-16(20-5)11-13-21)23-17-8-6-15(7-9-17)19(2,3)4/h6-9,14,16,20H,10-13H2,1-5H3. The summed E-state index contributed by atoms with van der Waals surface area (Å²) in [6.07, 6.45) is 1.58. The number of piperidine rings is 1. The van der Waals surface area contributed by atoms with Crippen molar-refractivity contribution in [2.45, 2.75) is 58.1 Å². The van der Waals surface area contributed by atoms with Crippen molar-refractivity contribution in [3.05, 3.63) is 29.8 Å². The van der Waals surface area contributed by atoms with Crippen LogP contribution in [0.25, 0.3) is 0 Å². The summed E-state index contributed by atoms with van der Waals surface area (Å²) in [6.45, 7) is 10.0. The Hall–Kier alpha value is -1.55. The van der Waals surface area contributed by atoms with Crippen molar-refractivity contribution in [1.29, 1.82) is 0 Å². The molecule has 1 heterocycles. The molecule has 0 aliphatic carbocycles. The molecule has 1 saturated heterocycles. The highest BCUT2D eigenvalue weighted by Gasteiger charge is 2.26. The van der Waals surface area contributed by atoms with Crippen molar-refractivity contribution in [2.24, 2.45) is 0 Å². The molecule has 0 spiro atoms. The Balaban J connectivity index is 1.91. The number of hydrogen-bond donors (Lipinski definition) is 1. The summed E-state index contributed by atoms with van der Waals surface area (Å²) in [5.74, 6) is 0.836. The fourth-order valence-corrected chi connectivity index (χ4v) is 2.93. The highest BCUT2D eigenvalue weighted by atomic mass is 16.5. The predicted octanol–water partition coefficient (Wildman–Crippen LogP) is 2.96. The number of carbonyl (C=O) groups is 1. The Kier molecular flexibility index (Phi) is 5.69. The van der Waals surface area contributed by atoms with Gasteiger partial charge in [-0.2, -0.15) is 0 Å². The van der Waals surface area contributed by atoms with Gasteiger partial charge in [-0.25, -0.2) is 0 Å². The highest BCUT2D eigenvalue weighted by Crippen LogP contribution is 2.25. The molecule has 1 aliphatic heterocycles. The van der Waals surface area contributed by atoms with E-state index in [1.54, 1.807) is 0 Å². The molecule has 23 heavy (non-hydrogen) atoms. The normalized spacial score (nSPS) is 17.9. The zero-order chi connectivity index (χ0) is 17.0. The van der Waals surface area contributed by atoms with Crippen molar-refractivity contribution in [1.82, 2.24) is 10.2 Å². The van der Waals surface area contributed by atoms with Crippen LogP contribution in [0.2, 0.25) is 0 Å². The lowest BCUT2D eigenvalue weighted by Crippen LogP contribution is -2.48. The number of ether oxygens (including phenoxy) is 1. The first-order chi connectivity index (χ1) is 10.8. The van der Waals surface area contributed by atoms with Gasteiger partial charge < -0.3 is 15.0 Å². The minimum atomic E-state index is -0.443. The molecule has 1 aromatic rings. The second-order valence-electron chi connectivity index (χ2n) is 7.42. The molecule has 0 saturated carbocycles. The number of likely N-dealkylation sites (tertiary alicyclic amines) is 1. The third-order valence-corrected chi connectivity index (χ3v) is 4.60. The molecule has 4 nitrogen and oxygen atoms in total.